The zero-order chi connectivity index (χ0) is 6.12. The zero-order valence-corrected chi connectivity index (χ0v) is 4.59. The summed E-state index contributed by atoms with van der Waals surface area (Å²) in [7, 11) is 0. The molecular weight excluding hydrogens is 121 g/mol. The van der Waals surface area contributed by atoms with E-state index in [0.29, 0.717) is 0 Å². The zero-order valence-electron chi connectivity index (χ0n) is 3.83. The first-order chi connectivity index (χ1) is 3.33. The fourth-order valence-electron chi connectivity index (χ4n) is 0. The van der Waals surface area contributed by atoms with E-state index in [1.807, 2.05) is 0 Å². The second kappa shape index (κ2) is 16.9. The number of alkyl halides is 2. The Morgan fingerprint density at radius 1 is 1.43 bits per heavy atom. The van der Waals surface area contributed by atoms with Crippen LogP contribution in [0.2, 0.25) is 0 Å². The molecule has 44 valence electrons. The highest BCUT2D eigenvalue weighted by molar-refractivity contribution is 6.25. The summed E-state index contributed by atoms with van der Waals surface area (Å²) in [6.07, 6.45) is 0. The molecule has 0 saturated heterocycles. The molecule has 0 nitrogen and oxygen atoms in total. The quantitative estimate of drug-likeness (QED) is 0.508. The number of rotatable bonds is 1. The van der Waals surface area contributed by atoms with Crippen LogP contribution in [0.5, 0.6) is 0 Å². The summed E-state index contributed by atoms with van der Waals surface area (Å²) in [5.74, 6) is 0. The van der Waals surface area contributed by atoms with E-state index in [9.17, 15) is 8.78 Å². The van der Waals surface area contributed by atoms with Gasteiger partial charge in [0.2, 0.25) is 0 Å². The predicted octanol–water partition coefficient (Wildman–Crippen LogP) is 2.29. The standard InChI is InChI=1S/C2H3Cl.C2H4F2/c1-2-3;3-1-2-4/h2H,1H2;1-2H2. The third kappa shape index (κ3) is 113. The van der Waals surface area contributed by atoms with Crippen molar-refractivity contribution in [2.75, 3.05) is 13.3 Å². The van der Waals surface area contributed by atoms with Gasteiger partial charge < -0.3 is 0 Å². The summed E-state index contributed by atoms with van der Waals surface area (Å²) >= 11 is 4.76. The van der Waals surface area contributed by atoms with E-state index in [4.69, 9.17) is 11.6 Å². The minimum absolute atomic E-state index is 0.847. The van der Waals surface area contributed by atoms with Gasteiger partial charge in [0.25, 0.3) is 0 Å². The second-order valence-electron chi connectivity index (χ2n) is 0.532. The van der Waals surface area contributed by atoms with Crippen molar-refractivity contribution in [3.8, 4) is 0 Å². The van der Waals surface area contributed by atoms with Crippen LogP contribution in [0.3, 0.4) is 0 Å². The van der Waals surface area contributed by atoms with Crippen molar-refractivity contribution >= 4 is 11.6 Å². The van der Waals surface area contributed by atoms with Crippen LogP contribution in [0.25, 0.3) is 0 Å². The Hall–Kier alpha value is -0.110. The lowest BCUT2D eigenvalue weighted by Crippen LogP contribution is -1.68. The summed E-state index contributed by atoms with van der Waals surface area (Å²) in [5.41, 5.74) is 1.22. The third-order valence-corrected chi connectivity index (χ3v) is 0.0714. The summed E-state index contributed by atoms with van der Waals surface area (Å²) in [5, 5.41) is 0. The molecule has 0 heterocycles. The predicted molar refractivity (Wildman–Crippen MR) is 28.0 cm³/mol. The molecule has 0 rings (SSSR count). The summed E-state index contributed by atoms with van der Waals surface area (Å²) in [6.45, 7) is 1.43. The van der Waals surface area contributed by atoms with Crippen molar-refractivity contribution in [1.82, 2.24) is 0 Å². The molecule has 3 heteroatoms. The van der Waals surface area contributed by atoms with Crippen molar-refractivity contribution in [3.05, 3.63) is 12.1 Å². The van der Waals surface area contributed by atoms with Gasteiger partial charge in [0.15, 0.2) is 0 Å². The van der Waals surface area contributed by atoms with Crippen LogP contribution in [-0.2, 0) is 0 Å². The van der Waals surface area contributed by atoms with Gasteiger partial charge in [0, 0.05) is 0 Å². The molecule has 0 aromatic rings. The first-order valence-electron chi connectivity index (χ1n) is 1.66. The molecule has 0 fully saturated rings. The van der Waals surface area contributed by atoms with Gasteiger partial charge in [-0.2, -0.15) is 0 Å². The molecule has 0 bridgehead atoms. The van der Waals surface area contributed by atoms with Gasteiger partial charge in [-0.05, 0) is 5.54 Å². The van der Waals surface area contributed by atoms with E-state index in [0.717, 1.165) is 0 Å². The molecule has 0 aromatic heterocycles. The second-order valence-corrected chi connectivity index (χ2v) is 0.841. The molecule has 0 atom stereocenters. The Bertz CT molecular complexity index is 28.9. The van der Waals surface area contributed by atoms with Crippen LogP contribution in [0, 0.1) is 0 Å². The first-order valence-corrected chi connectivity index (χ1v) is 2.10. The largest absolute Gasteiger partial charge is 0.248 e. The molecule has 0 radical (unpaired) electrons. The normalized spacial score (nSPS) is 6.14. The van der Waals surface area contributed by atoms with Gasteiger partial charge in [-0.25, -0.2) is 8.78 Å². The molecule has 0 aliphatic rings. The minimum atomic E-state index is -0.847. The number of halogens is 3. The van der Waals surface area contributed by atoms with Crippen LogP contribution >= 0.6 is 11.6 Å². The molecule has 0 N–H and O–H groups in total. The highest BCUT2D eigenvalue weighted by Gasteiger charge is 1.65. The molecule has 0 aliphatic carbocycles. The molecule has 0 spiro atoms. The van der Waals surface area contributed by atoms with Crippen molar-refractivity contribution in [1.29, 1.82) is 0 Å². The highest BCUT2D eigenvalue weighted by atomic mass is 35.5. The van der Waals surface area contributed by atoms with Crippen LogP contribution < -0.4 is 0 Å². The van der Waals surface area contributed by atoms with Crippen molar-refractivity contribution in [2.24, 2.45) is 0 Å². The van der Waals surface area contributed by atoms with Crippen molar-refractivity contribution in [3.63, 3.8) is 0 Å². The van der Waals surface area contributed by atoms with Gasteiger partial charge in [-0.1, -0.05) is 18.2 Å². The van der Waals surface area contributed by atoms with E-state index in [1.54, 1.807) is 0 Å². The van der Waals surface area contributed by atoms with Crippen molar-refractivity contribution in [2.45, 2.75) is 0 Å². The Balaban J connectivity index is 0. The maximum absolute atomic E-state index is 10.3. The number of hydrogen-bond donors (Lipinski definition) is 0. The first kappa shape index (κ1) is 10.00. The summed E-state index contributed by atoms with van der Waals surface area (Å²) < 4.78 is 20.7. The van der Waals surface area contributed by atoms with E-state index in [2.05, 4.69) is 6.58 Å². The molecule has 7 heavy (non-hydrogen) atoms. The van der Waals surface area contributed by atoms with E-state index >= 15 is 0 Å². The Labute approximate surface area is 46.8 Å². The molecule has 0 amide bonds. The average Bonchev–Trinajstić information content (AvgIpc) is 1.69. The topological polar surface area (TPSA) is 0 Å². The molecule has 0 unspecified atom stereocenters. The van der Waals surface area contributed by atoms with Crippen LogP contribution in [-0.4, -0.2) is 13.3 Å². The Kier molecular flexibility index (Phi) is 24.1. The van der Waals surface area contributed by atoms with Gasteiger partial charge in [0.05, 0.1) is 0 Å². The van der Waals surface area contributed by atoms with E-state index in [-0.39, 0.29) is 0 Å². The van der Waals surface area contributed by atoms with Gasteiger partial charge in [-0.3, -0.25) is 0 Å². The van der Waals surface area contributed by atoms with E-state index in [1.165, 1.54) is 5.54 Å². The molecular formula is C4H7ClF2. The fourth-order valence-corrected chi connectivity index (χ4v) is 0. The maximum Gasteiger partial charge on any atom is 0.118 e. The summed E-state index contributed by atoms with van der Waals surface area (Å²) in [6, 6.07) is 0. The third-order valence-electron chi connectivity index (χ3n) is 0.0714. The lowest BCUT2D eigenvalue weighted by atomic mass is 10.9. The SMILES string of the molecule is C=CCl.FCCF. The monoisotopic (exact) mass is 128 g/mol. The molecule has 0 aromatic carbocycles. The lowest BCUT2D eigenvalue weighted by molar-refractivity contribution is 0.380. The van der Waals surface area contributed by atoms with Crippen LogP contribution in [0.15, 0.2) is 12.1 Å². The smallest absolute Gasteiger partial charge is 0.118 e. The van der Waals surface area contributed by atoms with Gasteiger partial charge in [-0.15, -0.1) is 0 Å². The van der Waals surface area contributed by atoms with Crippen LogP contribution in [0.1, 0.15) is 0 Å². The van der Waals surface area contributed by atoms with Crippen LogP contribution in [0.4, 0.5) is 8.78 Å². The van der Waals surface area contributed by atoms with Gasteiger partial charge >= 0.3 is 0 Å². The number of hydrogen-bond acceptors (Lipinski definition) is 0. The summed E-state index contributed by atoms with van der Waals surface area (Å²) in [4.78, 5) is 0. The molecule has 0 saturated carbocycles. The van der Waals surface area contributed by atoms with Crippen molar-refractivity contribution < 1.29 is 8.78 Å². The average molecular weight is 129 g/mol. The Morgan fingerprint density at radius 3 is 1.57 bits per heavy atom. The lowest BCUT2D eigenvalue weighted by Gasteiger charge is -1.61. The minimum Gasteiger partial charge on any atom is -0.248 e. The highest BCUT2D eigenvalue weighted by Crippen LogP contribution is 1.63. The van der Waals surface area contributed by atoms with Gasteiger partial charge in [0.1, 0.15) is 13.3 Å². The fraction of sp³-hybridized carbons (Fsp3) is 0.500. The maximum atomic E-state index is 10.3. The van der Waals surface area contributed by atoms with E-state index < -0.39 is 13.3 Å². The molecule has 0 aliphatic heterocycles. The Morgan fingerprint density at radius 2 is 1.57 bits per heavy atom.